The molecule has 0 amide bonds. The number of rotatable bonds is 4. The molecule has 4 nitrogen and oxygen atoms in total. The fourth-order valence-corrected chi connectivity index (χ4v) is 0.850. The van der Waals surface area contributed by atoms with Gasteiger partial charge in [0.2, 0.25) is 0 Å². The molecule has 0 bridgehead atoms. The van der Waals surface area contributed by atoms with Crippen LogP contribution in [0.3, 0.4) is 0 Å². The molecular weight excluding hydrogens is 184 g/mol. The number of esters is 1. The van der Waals surface area contributed by atoms with Crippen molar-refractivity contribution >= 4 is 11.9 Å². The van der Waals surface area contributed by atoms with E-state index in [2.05, 4.69) is 0 Å². The molecule has 14 heavy (non-hydrogen) atoms. The Bertz CT molecular complexity index is 215. The van der Waals surface area contributed by atoms with Crippen molar-refractivity contribution in [3.05, 3.63) is 0 Å². The summed E-state index contributed by atoms with van der Waals surface area (Å²) < 4.78 is 5.04. The number of ether oxygens (including phenoxy) is 1. The van der Waals surface area contributed by atoms with Gasteiger partial charge in [0.05, 0.1) is 5.92 Å². The molecule has 0 aromatic rings. The summed E-state index contributed by atoms with van der Waals surface area (Å²) in [6.07, 6.45) is 0.481. The van der Waals surface area contributed by atoms with Crippen LogP contribution in [0.5, 0.6) is 0 Å². The second-order valence-corrected chi connectivity index (χ2v) is 4.36. The number of carbonyl (C=O) groups is 2. The van der Waals surface area contributed by atoms with Crippen LogP contribution in [-0.2, 0) is 14.3 Å². The lowest BCUT2D eigenvalue weighted by molar-refractivity contribution is -0.155. The van der Waals surface area contributed by atoms with Gasteiger partial charge in [-0.05, 0) is 27.2 Å². The van der Waals surface area contributed by atoms with Crippen molar-refractivity contribution in [2.24, 2.45) is 5.92 Å². The first-order chi connectivity index (χ1) is 6.22. The molecule has 0 fully saturated rings. The van der Waals surface area contributed by atoms with Crippen molar-refractivity contribution in [3.63, 3.8) is 0 Å². The SMILES string of the molecule is C[C@H](CCC(=O)OC(C)(C)C)C(=O)O. The largest absolute Gasteiger partial charge is 0.481 e. The van der Waals surface area contributed by atoms with E-state index < -0.39 is 17.5 Å². The molecule has 0 aliphatic rings. The number of aliphatic carboxylic acids is 1. The van der Waals surface area contributed by atoms with Gasteiger partial charge in [-0.25, -0.2) is 0 Å². The minimum atomic E-state index is -0.881. The topological polar surface area (TPSA) is 63.6 Å². The van der Waals surface area contributed by atoms with Gasteiger partial charge in [-0.2, -0.15) is 0 Å². The van der Waals surface area contributed by atoms with Crippen LogP contribution in [-0.4, -0.2) is 22.6 Å². The van der Waals surface area contributed by atoms with Crippen molar-refractivity contribution in [3.8, 4) is 0 Å². The highest BCUT2D eigenvalue weighted by Crippen LogP contribution is 2.12. The molecule has 82 valence electrons. The van der Waals surface area contributed by atoms with Crippen molar-refractivity contribution in [2.45, 2.75) is 46.1 Å². The van der Waals surface area contributed by atoms with E-state index in [9.17, 15) is 9.59 Å². The van der Waals surface area contributed by atoms with E-state index in [-0.39, 0.29) is 12.4 Å². The standard InChI is InChI=1S/C10H18O4/c1-7(9(12)13)5-6-8(11)14-10(2,3)4/h7H,5-6H2,1-4H3,(H,12,13)/t7-/m1/s1. The number of carbonyl (C=O) groups excluding carboxylic acids is 1. The van der Waals surface area contributed by atoms with Crippen molar-refractivity contribution in [2.75, 3.05) is 0 Å². The maximum Gasteiger partial charge on any atom is 0.306 e. The van der Waals surface area contributed by atoms with E-state index >= 15 is 0 Å². The van der Waals surface area contributed by atoms with E-state index in [1.165, 1.54) is 0 Å². The van der Waals surface area contributed by atoms with Gasteiger partial charge in [-0.3, -0.25) is 9.59 Å². The molecule has 0 heterocycles. The van der Waals surface area contributed by atoms with Crippen LogP contribution >= 0.6 is 0 Å². The molecule has 0 saturated carbocycles. The molecule has 0 aliphatic heterocycles. The van der Waals surface area contributed by atoms with Gasteiger partial charge in [0.15, 0.2) is 0 Å². The van der Waals surface area contributed by atoms with Gasteiger partial charge >= 0.3 is 11.9 Å². The van der Waals surface area contributed by atoms with Crippen LogP contribution in [0.25, 0.3) is 0 Å². The third-order valence-electron chi connectivity index (χ3n) is 1.62. The minimum absolute atomic E-state index is 0.157. The predicted molar refractivity (Wildman–Crippen MR) is 51.9 cm³/mol. The number of hydrogen-bond donors (Lipinski definition) is 1. The summed E-state index contributed by atoms with van der Waals surface area (Å²) in [5, 5.41) is 8.58. The average molecular weight is 202 g/mol. The van der Waals surface area contributed by atoms with Crippen molar-refractivity contribution in [1.82, 2.24) is 0 Å². The van der Waals surface area contributed by atoms with E-state index in [0.717, 1.165) is 0 Å². The van der Waals surface area contributed by atoms with Crippen LogP contribution in [0.15, 0.2) is 0 Å². The van der Waals surface area contributed by atoms with E-state index in [0.29, 0.717) is 6.42 Å². The average Bonchev–Trinajstić information content (AvgIpc) is 1.96. The number of carboxylic acid groups (broad SMARTS) is 1. The molecule has 0 aromatic heterocycles. The Morgan fingerprint density at radius 1 is 1.36 bits per heavy atom. The van der Waals surface area contributed by atoms with Crippen LogP contribution in [0, 0.1) is 5.92 Å². The second-order valence-electron chi connectivity index (χ2n) is 4.36. The van der Waals surface area contributed by atoms with Crippen LogP contribution in [0.2, 0.25) is 0 Å². The lowest BCUT2D eigenvalue weighted by Gasteiger charge is -2.19. The molecule has 4 heteroatoms. The summed E-state index contributed by atoms with van der Waals surface area (Å²) >= 11 is 0. The minimum Gasteiger partial charge on any atom is -0.481 e. The monoisotopic (exact) mass is 202 g/mol. The zero-order valence-corrected chi connectivity index (χ0v) is 9.16. The highest BCUT2D eigenvalue weighted by molar-refractivity contribution is 5.73. The van der Waals surface area contributed by atoms with Gasteiger partial charge in [-0.15, -0.1) is 0 Å². The molecule has 0 aromatic carbocycles. The Kier molecular flexibility index (Phi) is 4.60. The fraction of sp³-hybridized carbons (Fsp3) is 0.800. The molecular formula is C10H18O4. The molecule has 0 aliphatic carbocycles. The molecule has 0 spiro atoms. The van der Waals surface area contributed by atoms with E-state index in [1.807, 2.05) is 0 Å². The molecule has 0 unspecified atom stereocenters. The summed E-state index contributed by atoms with van der Waals surface area (Å²) in [7, 11) is 0. The van der Waals surface area contributed by atoms with Gasteiger partial charge < -0.3 is 9.84 Å². The Hall–Kier alpha value is -1.06. The fourth-order valence-electron chi connectivity index (χ4n) is 0.850. The maximum absolute atomic E-state index is 11.2. The summed E-state index contributed by atoms with van der Waals surface area (Å²) in [5.41, 5.74) is -0.496. The van der Waals surface area contributed by atoms with E-state index in [4.69, 9.17) is 9.84 Å². The van der Waals surface area contributed by atoms with Gasteiger partial charge in [0, 0.05) is 6.42 Å². The quantitative estimate of drug-likeness (QED) is 0.706. The van der Waals surface area contributed by atoms with Gasteiger partial charge in [0.1, 0.15) is 5.60 Å². The van der Waals surface area contributed by atoms with E-state index in [1.54, 1.807) is 27.7 Å². The van der Waals surface area contributed by atoms with Crippen molar-refractivity contribution < 1.29 is 19.4 Å². The smallest absolute Gasteiger partial charge is 0.306 e. The highest BCUT2D eigenvalue weighted by atomic mass is 16.6. The highest BCUT2D eigenvalue weighted by Gasteiger charge is 2.18. The van der Waals surface area contributed by atoms with Crippen LogP contribution in [0.4, 0.5) is 0 Å². The summed E-state index contributed by atoms with van der Waals surface area (Å²) in [5.74, 6) is -1.72. The summed E-state index contributed by atoms with van der Waals surface area (Å²) in [4.78, 5) is 21.6. The zero-order chi connectivity index (χ0) is 11.4. The van der Waals surface area contributed by atoms with Crippen molar-refractivity contribution in [1.29, 1.82) is 0 Å². The second kappa shape index (κ2) is 4.98. The maximum atomic E-state index is 11.2. The predicted octanol–water partition coefficient (Wildman–Crippen LogP) is 1.83. The molecule has 0 saturated heterocycles. The Morgan fingerprint density at radius 2 is 1.86 bits per heavy atom. The summed E-state index contributed by atoms with van der Waals surface area (Å²) in [6.45, 7) is 6.93. The van der Waals surface area contributed by atoms with Crippen LogP contribution in [0.1, 0.15) is 40.5 Å². The first kappa shape index (κ1) is 12.9. The summed E-state index contributed by atoms with van der Waals surface area (Å²) in [6, 6.07) is 0. The number of carboxylic acids is 1. The molecule has 0 rings (SSSR count). The molecule has 1 atom stereocenters. The Labute approximate surface area is 84.3 Å². The lowest BCUT2D eigenvalue weighted by Crippen LogP contribution is -2.24. The molecule has 1 N–H and O–H groups in total. The Morgan fingerprint density at radius 3 is 2.21 bits per heavy atom. The van der Waals surface area contributed by atoms with Gasteiger partial charge in [-0.1, -0.05) is 6.92 Å². The normalized spacial score (nSPS) is 13.4. The van der Waals surface area contributed by atoms with Gasteiger partial charge in [0.25, 0.3) is 0 Å². The Balaban J connectivity index is 3.81. The third-order valence-corrected chi connectivity index (χ3v) is 1.62. The number of hydrogen-bond acceptors (Lipinski definition) is 3. The van der Waals surface area contributed by atoms with Crippen LogP contribution < -0.4 is 0 Å². The zero-order valence-electron chi connectivity index (χ0n) is 9.16. The first-order valence-electron chi connectivity index (χ1n) is 4.67. The third kappa shape index (κ3) is 6.46. The first-order valence-corrected chi connectivity index (χ1v) is 4.67. The molecule has 0 radical (unpaired) electrons. The lowest BCUT2D eigenvalue weighted by atomic mass is 10.1.